The van der Waals surface area contributed by atoms with Crippen molar-refractivity contribution in [3.63, 3.8) is 0 Å². The van der Waals surface area contributed by atoms with Crippen LogP contribution in [0.15, 0.2) is 41.9 Å². The molecule has 2 aromatic rings. The lowest BCUT2D eigenvalue weighted by molar-refractivity contribution is -0.147. The van der Waals surface area contributed by atoms with Crippen molar-refractivity contribution < 1.29 is 28.7 Å². The van der Waals surface area contributed by atoms with E-state index in [1.165, 1.54) is 11.3 Å². The molecule has 10 atom stereocenters. The second-order valence-electron chi connectivity index (χ2n) is 15.7. The van der Waals surface area contributed by atoms with Gasteiger partial charge in [0.25, 0.3) is 0 Å². The molecule has 0 bridgehead atoms. The van der Waals surface area contributed by atoms with Crippen LogP contribution in [0.5, 0.6) is 0 Å². The van der Waals surface area contributed by atoms with Crippen molar-refractivity contribution >= 4 is 35.0 Å². The lowest BCUT2D eigenvalue weighted by Gasteiger charge is -2.41. The maximum absolute atomic E-state index is 14.3. The van der Waals surface area contributed by atoms with E-state index >= 15 is 0 Å². The number of nitrogens with one attached hydrogen (secondary N) is 2. The minimum Gasteiger partial charge on any atom is -0.379 e. The van der Waals surface area contributed by atoms with Crippen LogP contribution in [0.3, 0.4) is 0 Å². The number of thiazole rings is 1. The molecule has 2 heterocycles. The Balaban J connectivity index is 1.79. The first-order chi connectivity index (χ1) is 26.1. The summed E-state index contributed by atoms with van der Waals surface area (Å²) in [6.07, 6.45) is 3.33. The molecule has 4 N–H and O–H groups in total. The highest BCUT2D eigenvalue weighted by atomic mass is 32.1. The van der Waals surface area contributed by atoms with Gasteiger partial charge in [-0.2, -0.15) is 0 Å². The quantitative estimate of drug-likeness (QED) is 0.171. The average molecular weight is 786 g/mol. The molecular formula is C41H67N7O6S. The Morgan fingerprint density at radius 1 is 1.00 bits per heavy atom. The van der Waals surface area contributed by atoms with E-state index in [-0.39, 0.29) is 54.0 Å². The number of amides is 4. The monoisotopic (exact) mass is 785 g/mol. The number of methoxy groups -OCH3 is 2. The average Bonchev–Trinajstić information content (AvgIpc) is 3.87. The second kappa shape index (κ2) is 21.8. The highest BCUT2D eigenvalue weighted by Crippen LogP contribution is 2.30. The van der Waals surface area contributed by atoms with E-state index in [4.69, 9.17) is 15.2 Å². The van der Waals surface area contributed by atoms with Gasteiger partial charge in [0.1, 0.15) is 11.0 Å². The zero-order valence-corrected chi connectivity index (χ0v) is 35.7. The molecular weight excluding hydrogens is 719 g/mol. The maximum Gasteiger partial charge on any atom is 0.246 e. The molecule has 13 nitrogen and oxygen atoms in total. The summed E-state index contributed by atoms with van der Waals surface area (Å²) in [5.74, 6) is -1.52. The van der Waals surface area contributed by atoms with E-state index in [2.05, 4.69) is 15.6 Å². The second-order valence-corrected chi connectivity index (χ2v) is 16.6. The standard InChI is InChI=1S/C41H67N7O6S/c1-12-26(4)36(47(9)41(52)34(28(6)42)45-39(51)35(25(2)3)46(7)8)32(53-10)24-33(49)48-21-16-19-31(48)37(54-11)27(5)38(50)44-30(40-43-20-22-55-40)23-29-17-14-13-15-18-29/h13-15,17-18,20,22,25-28,30-32,34-37H,12,16,19,21,23-24,42H2,1-11H3,(H,44,50)(H,45,51). The topological polar surface area (TPSA) is 159 Å². The molecule has 1 aliphatic heterocycles. The van der Waals surface area contributed by atoms with Crippen molar-refractivity contribution in [1.82, 2.24) is 30.3 Å². The number of aromatic nitrogens is 1. The van der Waals surface area contributed by atoms with Gasteiger partial charge in [-0.05, 0) is 57.7 Å². The molecule has 1 fully saturated rings. The first kappa shape index (κ1) is 46.0. The minimum atomic E-state index is -0.973. The smallest absolute Gasteiger partial charge is 0.246 e. The zero-order valence-electron chi connectivity index (χ0n) is 34.9. The van der Waals surface area contributed by atoms with E-state index in [9.17, 15) is 19.2 Å². The fraction of sp³-hybridized carbons (Fsp3) is 0.683. The lowest BCUT2D eigenvalue weighted by atomic mass is 9.89. The van der Waals surface area contributed by atoms with Gasteiger partial charge in [-0.25, -0.2) is 4.98 Å². The van der Waals surface area contributed by atoms with E-state index in [0.29, 0.717) is 19.4 Å². The van der Waals surface area contributed by atoms with Crippen LogP contribution in [0.1, 0.15) is 83.8 Å². The normalized spacial score (nSPS) is 19.5. The number of carbonyl (C=O) groups is 4. The van der Waals surface area contributed by atoms with Gasteiger partial charge in [-0.3, -0.25) is 24.1 Å². The van der Waals surface area contributed by atoms with Gasteiger partial charge >= 0.3 is 0 Å². The Hall–Kier alpha value is -3.43. The predicted octanol–water partition coefficient (Wildman–Crippen LogP) is 3.88. The van der Waals surface area contributed by atoms with Crippen LogP contribution in [0.2, 0.25) is 0 Å². The van der Waals surface area contributed by atoms with Crippen molar-refractivity contribution in [3.05, 3.63) is 52.5 Å². The number of likely N-dealkylation sites (tertiary alicyclic amines) is 1. The van der Waals surface area contributed by atoms with Crippen LogP contribution in [-0.2, 0) is 35.1 Å². The number of carbonyl (C=O) groups excluding carboxylic acids is 4. The summed E-state index contributed by atoms with van der Waals surface area (Å²) in [7, 11) is 8.51. The predicted molar refractivity (Wildman–Crippen MR) is 217 cm³/mol. The number of nitrogens with zero attached hydrogens (tertiary/aromatic N) is 4. The third-order valence-corrected chi connectivity index (χ3v) is 12.0. The maximum atomic E-state index is 14.3. The summed E-state index contributed by atoms with van der Waals surface area (Å²) in [5.41, 5.74) is 7.42. The summed E-state index contributed by atoms with van der Waals surface area (Å²) < 4.78 is 12.0. The molecule has 0 aliphatic carbocycles. The molecule has 4 amide bonds. The Kier molecular flexibility index (Phi) is 18.2. The SMILES string of the molecule is CCC(C)C(C(CC(=O)N1CCCC1C(OC)C(C)C(=O)NC(Cc1ccccc1)c1nccs1)OC)N(C)C(=O)C(NC(=O)C(C(C)C)N(C)C)C(C)N. The first-order valence-corrected chi connectivity index (χ1v) is 20.5. The Morgan fingerprint density at radius 3 is 2.20 bits per heavy atom. The minimum absolute atomic E-state index is 0.0119. The van der Waals surface area contributed by atoms with E-state index in [1.807, 2.05) is 94.2 Å². The Labute approximate surface area is 333 Å². The fourth-order valence-electron chi connectivity index (χ4n) is 8.08. The summed E-state index contributed by atoms with van der Waals surface area (Å²) in [4.78, 5) is 65.5. The van der Waals surface area contributed by atoms with Crippen molar-refractivity contribution in [3.8, 4) is 0 Å². The third-order valence-electron chi connectivity index (χ3n) is 11.2. The number of hydrogen-bond donors (Lipinski definition) is 3. The van der Waals surface area contributed by atoms with Gasteiger partial charge < -0.3 is 35.6 Å². The number of likely N-dealkylation sites (N-methyl/N-ethyl adjacent to an activating group) is 2. The summed E-state index contributed by atoms with van der Waals surface area (Å²) in [6.45, 7) is 12.1. The van der Waals surface area contributed by atoms with Crippen LogP contribution in [0.4, 0.5) is 0 Å². The molecule has 1 aromatic carbocycles. The molecule has 14 heteroatoms. The number of benzene rings is 1. The molecule has 1 aliphatic rings. The molecule has 0 radical (unpaired) electrons. The van der Waals surface area contributed by atoms with Gasteiger partial charge in [-0.15, -0.1) is 11.3 Å². The van der Waals surface area contributed by atoms with Crippen LogP contribution in [-0.4, -0.2) is 128 Å². The van der Waals surface area contributed by atoms with Gasteiger partial charge in [0, 0.05) is 45.4 Å². The molecule has 0 saturated carbocycles. The number of nitrogens with two attached hydrogens (primary N) is 1. The largest absolute Gasteiger partial charge is 0.379 e. The fourth-order valence-corrected chi connectivity index (χ4v) is 8.76. The molecule has 3 rings (SSSR count). The highest BCUT2D eigenvalue weighted by molar-refractivity contribution is 7.09. The van der Waals surface area contributed by atoms with Gasteiger partial charge in [0.05, 0.1) is 48.7 Å². The molecule has 0 spiro atoms. The van der Waals surface area contributed by atoms with Crippen LogP contribution in [0, 0.1) is 17.8 Å². The molecule has 55 heavy (non-hydrogen) atoms. The zero-order chi connectivity index (χ0) is 41.0. The first-order valence-electron chi connectivity index (χ1n) is 19.6. The van der Waals surface area contributed by atoms with Gasteiger partial charge in [0.2, 0.25) is 23.6 Å². The van der Waals surface area contributed by atoms with E-state index in [1.54, 1.807) is 39.3 Å². The van der Waals surface area contributed by atoms with Crippen LogP contribution in [0.25, 0.3) is 0 Å². The highest BCUT2D eigenvalue weighted by Gasteiger charge is 2.43. The summed E-state index contributed by atoms with van der Waals surface area (Å²) in [6, 6.07) is 6.78. The van der Waals surface area contributed by atoms with Crippen LogP contribution >= 0.6 is 11.3 Å². The van der Waals surface area contributed by atoms with Crippen molar-refractivity contribution in [2.45, 2.75) is 122 Å². The molecule has 1 aromatic heterocycles. The summed E-state index contributed by atoms with van der Waals surface area (Å²) in [5, 5.41) is 8.88. The van der Waals surface area contributed by atoms with Gasteiger partial charge in [-0.1, -0.05) is 71.4 Å². The summed E-state index contributed by atoms with van der Waals surface area (Å²) >= 11 is 1.50. The van der Waals surface area contributed by atoms with Crippen LogP contribution < -0.4 is 16.4 Å². The number of hydrogen-bond acceptors (Lipinski definition) is 10. The lowest BCUT2D eigenvalue weighted by Crippen LogP contribution is -2.62. The Bertz CT molecular complexity index is 1490. The van der Waals surface area contributed by atoms with Crippen molar-refractivity contribution in [1.29, 1.82) is 0 Å². The van der Waals surface area contributed by atoms with Crippen molar-refractivity contribution in [2.24, 2.45) is 23.5 Å². The number of ether oxygens (including phenoxy) is 2. The van der Waals surface area contributed by atoms with Crippen molar-refractivity contribution in [2.75, 3.05) is 41.9 Å². The molecule has 1 saturated heterocycles. The van der Waals surface area contributed by atoms with E-state index in [0.717, 1.165) is 23.4 Å². The Morgan fingerprint density at radius 2 is 1.67 bits per heavy atom. The third kappa shape index (κ3) is 12.0. The molecule has 308 valence electrons. The van der Waals surface area contributed by atoms with E-state index < -0.39 is 42.3 Å². The van der Waals surface area contributed by atoms with Gasteiger partial charge in [0.15, 0.2) is 0 Å². The molecule has 10 unspecified atom stereocenters. The number of rotatable bonds is 21.